The highest BCUT2D eigenvalue weighted by Gasteiger charge is 2.13. The molecule has 17 heavy (non-hydrogen) atoms. The molecule has 1 aliphatic rings. The van der Waals surface area contributed by atoms with Crippen molar-refractivity contribution < 1.29 is 14.3 Å². The second-order valence-corrected chi connectivity index (χ2v) is 4.14. The third-order valence-corrected chi connectivity index (χ3v) is 2.57. The zero-order valence-corrected chi connectivity index (χ0v) is 10.1. The average Bonchev–Trinajstić information content (AvgIpc) is 2.27. The lowest BCUT2D eigenvalue weighted by Crippen LogP contribution is -2.43. The first-order valence-electron chi connectivity index (χ1n) is 5.85. The number of amides is 1. The van der Waals surface area contributed by atoms with Crippen molar-refractivity contribution in [2.24, 2.45) is 0 Å². The van der Waals surface area contributed by atoms with Crippen LogP contribution >= 0.6 is 0 Å². The number of guanidine groups is 1. The van der Waals surface area contributed by atoms with Gasteiger partial charge in [0.05, 0.1) is 6.61 Å². The number of carbonyl (C=O) groups is 2. The summed E-state index contributed by atoms with van der Waals surface area (Å²) in [7, 11) is 1.57. The van der Waals surface area contributed by atoms with Crippen LogP contribution in [0.4, 0.5) is 0 Å². The van der Waals surface area contributed by atoms with Gasteiger partial charge in [0, 0.05) is 13.5 Å². The number of nitrogens with one attached hydrogen (secondary N) is 2. The molecule has 1 amide bonds. The van der Waals surface area contributed by atoms with E-state index < -0.39 is 0 Å². The lowest BCUT2D eigenvalue weighted by molar-refractivity contribution is -0.144. The van der Waals surface area contributed by atoms with Gasteiger partial charge in [-0.1, -0.05) is 12.8 Å². The molecule has 0 radical (unpaired) electrons. The number of esters is 1. The largest absolute Gasteiger partial charge is 0.464 e. The van der Waals surface area contributed by atoms with Crippen LogP contribution in [0, 0.1) is 5.41 Å². The summed E-state index contributed by atoms with van der Waals surface area (Å²) < 4.78 is 5.01. The lowest BCUT2D eigenvalue weighted by Gasteiger charge is -2.18. The Morgan fingerprint density at radius 2 is 1.94 bits per heavy atom. The monoisotopic (exact) mass is 241 g/mol. The zero-order chi connectivity index (χ0) is 12.7. The highest BCUT2D eigenvalue weighted by atomic mass is 16.5. The van der Waals surface area contributed by atoms with Crippen LogP contribution in [-0.4, -0.2) is 42.9 Å². The smallest absolute Gasteiger partial charge is 0.325 e. The summed E-state index contributed by atoms with van der Waals surface area (Å²) in [6, 6.07) is 0. The van der Waals surface area contributed by atoms with Gasteiger partial charge in [-0.15, -0.1) is 0 Å². The van der Waals surface area contributed by atoms with Gasteiger partial charge in [-0.3, -0.25) is 20.3 Å². The van der Waals surface area contributed by atoms with Crippen LogP contribution in [0.2, 0.25) is 0 Å². The van der Waals surface area contributed by atoms with Gasteiger partial charge in [0.15, 0.2) is 5.96 Å². The van der Waals surface area contributed by atoms with Crippen molar-refractivity contribution in [2.75, 3.05) is 20.2 Å². The van der Waals surface area contributed by atoms with Crippen molar-refractivity contribution in [1.29, 1.82) is 5.41 Å². The molecule has 6 nitrogen and oxygen atoms in total. The molecule has 1 aliphatic heterocycles. The SMILES string of the molecule is CN1CC(=O)OCCCCCCC(=O)NC1=N. The Morgan fingerprint density at radius 1 is 1.24 bits per heavy atom. The van der Waals surface area contributed by atoms with Crippen LogP contribution in [-0.2, 0) is 14.3 Å². The minimum Gasteiger partial charge on any atom is -0.464 e. The van der Waals surface area contributed by atoms with Gasteiger partial charge in [-0.05, 0) is 12.8 Å². The molecule has 0 aromatic heterocycles. The fourth-order valence-corrected chi connectivity index (χ4v) is 1.54. The Kier molecular flexibility index (Phi) is 5.45. The summed E-state index contributed by atoms with van der Waals surface area (Å²) in [5.41, 5.74) is 0. The van der Waals surface area contributed by atoms with Crippen LogP contribution in [0.3, 0.4) is 0 Å². The molecule has 1 fully saturated rings. The van der Waals surface area contributed by atoms with Gasteiger partial charge in [0.1, 0.15) is 6.54 Å². The summed E-state index contributed by atoms with van der Waals surface area (Å²) in [4.78, 5) is 24.1. The Labute approximate surface area is 101 Å². The third kappa shape index (κ3) is 5.33. The molecule has 1 saturated heterocycles. The molecule has 0 aromatic rings. The molecule has 0 atom stereocenters. The molecular formula is C11H19N3O3. The van der Waals surface area contributed by atoms with E-state index in [-0.39, 0.29) is 24.4 Å². The van der Waals surface area contributed by atoms with Crippen LogP contribution in [0.1, 0.15) is 32.1 Å². The number of hydrogen-bond acceptors (Lipinski definition) is 4. The predicted octanol–water partition coefficient (Wildman–Crippen LogP) is 0.476. The first kappa shape index (κ1) is 13.5. The summed E-state index contributed by atoms with van der Waals surface area (Å²) in [5.74, 6) is -0.605. The van der Waals surface area contributed by atoms with Crippen LogP contribution in [0.15, 0.2) is 0 Å². The molecule has 0 aliphatic carbocycles. The van der Waals surface area contributed by atoms with Crippen LogP contribution < -0.4 is 5.32 Å². The topological polar surface area (TPSA) is 82.5 Å². The van der Waals surface area contributed by atoms with E-state index in [9.17, 15) is 9.59 Å². The lowest BCUT2D eigenvalue weighted by atomic mass is 10.1. The summed E-state index contributed by atoms with van der Waals surface area (Å²) in [6.45, 7) is 0.403. The maximum absolute atomic E-state index is 11.4. The fraction of sp³-hybridized carbons (Fsp3) is 0.727. The van der Waals surface area contributed by atoms with Crippen molar-refractivity contribution in [3.8, 4) is 0 Å². The molecule has 0 unspecified atom stereocenters. The molecule has 1 heterocycles. The fourth-order valence-electron chi connectivity index (χ4n) is 1.54. The van der Waals surface area contributed by atoms with E-state index >= 15 is 0 Å². The van der Waals surface area contributed by atoms with E-state index in [1.165, 1.54) is 4.90 Å². The molecule has 0 bridgehead atoms. The van der Waals surface area contributed by atoms with E-state index in [1.807, 2.05) is 0 Å². The Morgan fingerprint density at radius 3 is 2.71 bits per heavy atom. The van der Waals surface area contributed by atoms with Crippen LogP contribution in [0.5, 0.6) is 0 Å². The van der Waals surface area contributed by atoms with Gasteiger partial charge >= 0.3 is 5.97 Å². The van der Waals surface area contributed by atoms with Crippen molar-refractivity contribution >= 4 is 17.8 Å². The number of cyclic esters (lactones) is 1. The van der Waals surface area contributed by atoms with Crippen molar-refractivity contribution in [1.82, 2.24) is 10.2 Å². The van der Waals surface area contributed by atoms with E-state index in [0.29, 0.717) is 13.0 Å². The number of nitrogens with zero attached hydrogens (tertiary/aromatic N) is 1. The second-order valence-electron chi connectivity index (χ2n) is 4.14. The minimum absolute atomic E-state index is 0.0148. The Bertz CT molecular complexity index is 304. The molecule has 0 saturated carbocycles. The first-order chi connectivity index (χ1) is 8.09. The quantitative estimate of drug-likeness (QED) is 0.604. The minimum atomic E-state index is -0.370. The van der Waals surface area contributed by atoms with Gasteiger partial charge in [0.25, 0.3) is 0 Å². The highest BCUT2D eigenvalue weighted by Crippen LogP contribution is 2.04. The first-order valence-corrected chi connectivity index (χ1v) is 5.85. The standard InChI is InChI=1S/C11H19N3O3/c1-14-8-10(16)17-7-5-3-2-4-6-9(15)13-11(14)12/h2-8H2,1H3,(H2,12,13,15). The normalized spacial score (nSPS) is 20.8. The van der Waals surface area contributed by atoms with E-state index in [4.69, 9.17) is 10.1 Å². The molecule has 1 rings (SSSR count). The van der Waals surface area contributed by atoms with Gasteiger partial charge in [-0.25, -0.2) is 0 Å². The van der Waals surface area contributed by atoms with Crippen molar-refractivity contribution in [3.05, 3.63) is 0 Å². The molecular weight excluding hydrogens is 222 g/mol. The number of ether oxygens (including phenoxy) is 1. The molecule has 96 valence electrons. The molecule has 0 spiro atoms. The Hall–Kier alpha value is -1.59. The zero-order valence-electron chi connectivity index (χ0n) is 10.1. The predicted molar refractivity (Wildman–Crippen MR) is 62.5 cm³/mol. The van der Waals surface area contributed by atoms with Gasteiger partial charge in [0.2, 0.25) is 5.91 Å². The average molecular weight is 241 g/mol. The Balaban J connectivity index is 2.54. The van der Waals surface area contributed by atoms with E-state index in [1.54, 1.807) is 7.05 Å². The van der Waals surface area contributed by atoms with E-state index in [0.717, 1.165) is 25.7 Å². The van der Waals surface area contributed by atoms with Crippen molar-refractivity contribution in [3.63, 3.8) is 0 Å². The van der Waals surface area contributed by atoms with Gasteiger partial charge in [-0.2, -0.15) is 0 Å². The van der Waals surface area contributed by atoms with Crippen molar-refractivity contribution in [2.45, 2.75) is 32.1 Å². The van der Waals surface area contributed by atoms with E-state index in [2.05, 4.69) is 5.32 Å². The summed E-state index contributed by atoms with van der Waals surface area (Å²) in [5, 5.41) is 10.0. The molecule has 2 N–H and O–H groups in total. The number of rotatable bonds is 0. The third-order valence-electron chi connectivity index (χ3n) is 2.57. The summed E-state index contributed by atoms with van der Waals surface area (Å²) >= 11 is 0. The molecule has 6 heteroatoms. The highest BCUT2D eigenvalue weighted by molar-refractivity contribution is 5.96. The van der Waals surface area contributed by atoms with Gasteiger partial charge < -0.3 is 9.64 Å². The number of carbonyl (C=O) groups excluding carboxylic acids is 2. The second kappa shape index (κ2) is 6.88. The van der Waals surface area contributed by atoms with Crippen LogP contribution in [0.25, 0.3) is 0 Å². The number of likely N-dealkylation sites (N-methyl/N-ethyl adjacent to an activating group) is 1. The molecule has 0 aromatic carbocycles. The summed E-state index contributed by atoms with van der Waals surface area (Å²) in [6.07, 6.45) is 3.94. The number of hydrogen-bond donors (Lipinski definition) is 2. The maximum atomic E-state index is 11.4. The maximum Gasteiger partial charge on any atom is 0.325 e.